The third kappa shape index (κ3) is 5.31. The molecule has 0 spiro atoms. The van der Waals surface area contributed by atoms with Crippen molar-refractivity contribution in [3.63, 3.8) is 0 Å². The average molecular weight is 526 g/mol. The van der Waals surface area contributed by atoms with Crippen LogP contribution in [0.2, 0.25) is 0 Å². The second kappa shape index (κ2) is 10.8. The van der Waals surface area contributed by atoms with Crippen molar-refractivity contribution < 1.29 is 4.79 Å². The van der Waals surface area contributed by atoms with E-state index in [1.165, 1.54) is 23.1 Å². The van der Waals surface area contributed by atoms with Crippen molar-refractivity contribution in [1.82, 2.24) is 19.9 Å². The summed E-state index contributed by atoms with van der Waals surface area (Å²) < 4.78 is 1.17. The van der Waals surface area contributed by atoms with Gasteiger partial charge in [-0.05, 0) is 100 Å². The van der Waals surface area contributed by atoms with Crippen LogP contribution in [0.5, 0.6) is 0 Å². The summed E-state index contributed by atoms with van der Waals surface area (Å²) in [5.74, 6) is 0.326. The Hall–Kier alpha value is -3.29. The smallest absolute Gasteiger partial charge is 0.162 e. The van der Waals surface area contributed by atoms with Crippen LogP contribution >= 0.6 is 11.3 Å². The Labute approximate surface area is 227 Å². The zero-order valence-electron chi connectivity index (χ0n) is 22.0. The number of nitrogens with one attached hydrogen (secondary N) is 2. The molecule has 2 aliphatic rings. The van der Waals surface area contributed by atoms with E-state index in [1.807, 2.05) is 29.9 Å². The number of likely N-dealkylation sites (tertiary alicyclic amines) is 1. The number of aromatic nitrogens is 3. The summed E-state index contributed by atoms with van der Waals surface area (Å²) in [6, 6.07) is 10.5. The highest BCUT2D eigenvalue weighted by molar-refractivity contribution is 7.16. The second-order valence-electron chi connectivity index (χ2n) is 10.7. The summed E-state index contributed by atoms with van der Waals surface area (Å²) in [5.41, 5.74) is 8.08. The summed E-state index contributed by atoms with van der Waals surface area (Å²) in [6.45, 7) is 5.43. The predicted molar refractivity (Wildman–Crippen MR) is 158 cm³/mol. The number of hydrogen-bond acceptors (Lipinski definition) is 6. The van der Waals surface area contributed by atoms with Crippen molar-refractivity contribution in [2.75, 3.05) is 25.0 Å². The summed E-state index contributed by atoms with van der Waals surface area (Å²) in [7, 11) is 0. The van der Waals surface area contributed by atoms with E-state index in [4.69, 9.17) is 0 Å². The third-order valence-corrected chi connectivity index (χ3v) is 8.68. The number of nitrogens with zero attached hydrogens (tertiary/aromatic N) is 3. The third-order valence-electron chi connectivity index (χ3n) is 7.89. The fraction of sp³-hybridized carbons (Fsp3) is 0.387. The quantitative estimate of drug-likeness (QED) is 0.198. The minimum atomic E-state index is -0.0975. The van der Waals surface area contributed by atoms with Crippen LogP contribution in [0.25, 0.3) is 26.8 Å². The number of allylic oxidation sites excluding steroid dienone is 4. The van der Waals surface area contributed by atoms with Crippen LogP contribution in [0.1, 0.15) is 57.6 Å². The maximum atomic E-state index is 13.0. The molecule has 2 N–H and O–H groups in total. The van der Waals surface area contributed by atoms with Crippen LogP contribution in [0.4, 0.5) is 11.4 Å². The number of carbonyl (C=O) groups excluding carboxylic acids is 1. The van der Waals surface area contributed by atoms with Gasteiger partial charge in [-0.15, -0.1) is 11.3 Å². The monoisotopic (exact) mass is 525 g/mol. The second-order valence-corrected chi connectivity index (χ2v) is 11.6. The van der Waals surface area contributed by atoms with Crippen LogP contribution in [0.15, 0.2) is 60.3 Å². The summed E-state index contributed by atoms with van der Waals surface area (Å²) in [6.07, 6.45) is 15.4. The first-order valence-electron chi connectivity index (χ1n) is 13.8. The minimum Gasteiger partial charge on any atom is -0.355 e. The van der Waals surface area contributed by atoms with Gasteiger partial charge in [-0.1, -0.05) is 19.1 Å². The highest BCUT2D eigenvalue weighted by Gasteiger charge is 2.49. The van der Waals surface area contributed by atoms with Gasteiger partial charge in [-0.2, -0.15) is 0 Å². The number of rotatable bonds is 11. The number of thiazole rings is 1. The SMILES string of the molecule is CC/C=C(\CC/C=C/C(=O)C1(CN2CCCC2)CC1)c1cc2c(Nc3ccc4ncsc4c3)ccnc2[nH]1. The molecule has 1 aliphatic heterocycles. The van der Waals surface area contributed by atoms with Gasteiger partial charge in [-0.25, -0.2) is 9.97 Å². The number of aromatic amines is 1. The lowest BCUT2D eigenvalue weighted by Crippen LogP contribution is -2.31. The largest absolute Gasteiger partial charge is 0.355 e. The molecule has 1 aliphatic carbocycles. The van der Waals surface area contributed by atoms with Gasteiger partial charge in [-0.3, -0.25) is 4.79 Å². The first-order valence-corrected chi connectivity index (χ1v) is 14.7. The zero-order chi connectivity index (χ0) is 26.0. The normalized spacial score (nSPS) is 17.7. The molecule has 38 heavy (non-hydrogen) atoms. The van der Waals surface area contributed by atoms with E-state index in [2.05, 4.69) is 62.4 Å². The van der Waals surface area contributed by atoms with Gasteiger partial charge >= 0.3 is 0 Å². The molecule has 0 bridgehead atoms. The van der Waals surface area contributed by atoms with Crippen molar-refractivity contribution in [2.24, 2.45) is 5.41 Å². The molecule has 6 nitrogen and oxygen atoms in total. The molecular formula is C31H35N5OS. The van der Waals surface area contributed by atoms with Crippen LogP contribution in [-0.2, 0) is 4.79 Å². The Morgan fingerprint density at radius 1 is 1.18 bits per heavy atom. The minimum absolute atomic E-state index is 0.0975. The van der Waals surface area contributed by atoms with E-state index in [1.54, 1.807) is 11.3 Å². The topological polar surface area (TPSA) is 73.9 Å². The highest BCUT2D eigenvalue weighted by Crippen LogP contribution is 2.48. The fourth-order valence-corrected chi connectivity index (χ4v) is 6.31. The van der Waals surface area contributed by atoms with Crippen LogP contribution < -0.4 is 5.32 Å². The molecule has 196 valence electrons. The number of H-pyrrole nitrogens is 1. The number of carbonyl (C=O) groups is 1. The summed E-state index contributed by atoms with van der Waals surface area (Å²) in [4.78, 5) is 27.9. The Morgan fingerprint density at radius 3 is 2.87 bits per heavy atom. The van der Waals surface area contributed by atoms with Gasteiger partial charge in [0.1, 0.15) is 5.65 Å². The molecule has 7 heteroatoms. The molecule has 4 heterocycles. The maximum Gasteiger partial charge on any atom is 0.162 e. The van der Waals surface area contributed by atoms with Crippen LogP contribution in [-0.4, -0.2) is 45.3 Å². The first kappa shape index (κ1) is 25.0. The van der Waals surface area contributed by atoms with Gasteiger partial charge in [0.2, 0.25) is 0 Å². The van der Waals surface area contributed by atoms with Crippen molar-refractivity contribution in [3.05, 3.63) is 66.0 Å². The molecule has 0 unspecified atom stereocenters. The fourth-order valence-electron chi connectivity index (χ4n) is 5.60. The highest BCUT2D eigenvalue weighted by atomic mass is 32.1. The van der Waals surface area contributed by atoms with E-state index in [0.717, 1.165) is 85.4 Å². The summed E-state index contributed by atoms with van der Waals surface area (Å²) >= 11 is 1.65. The molecule has 0 atom stereocenters. The molecule has 6 rings (SSSR count). The first-order chi connectivity index (χ1) is 18.6. The molecule has 1 saturated carbocycles. The van der Waals surface area contributed by atoms with E-state index < -0.39 is 0 Å². The predicted octanol–water partition coefficient (Wildman–Crippen LogP) is 7.49. The molecule has 2 fully saturated rings. The lowest BCUT2D eigenvalue weighted by Gasteiger charge is -2.20. The standard InChI is InChI=1S/C31H35N5OS/c1-2-7-22(8-3-4-9-29(37)31(13-14-31)20-36-16-5-6-17-36)27-19-24-25(12-15-32-30(24)35-27)34-23-10-11-26-28(18-23)38-21-33-26/h4,7,9-12,15,18-19,21H,2-3,5-6,8,13-14,16-17,20H2,1H3,(H2,32,34,35)/b9-4+,22-7+. The van der Waals surface area contributed by atoms with Gasteiger partial charge in [0.15, 0.2) is 5.78 Å². The molecule has 0 radical (unpaired) electrons. The average Bonchev–Trinajstić information content (AvgIpc) is 3.29. The van der Waals surface area contributed by atoms with Gasteiger partial charge in [0.05, 0.1) is 21.4 Å². The van der Waals surface area contributed by atoms with Gasteiger partial charge in [0, 0.05) is 34.9 Å². The molecule has 0 amide bonds. The molecule has 4 aromatic rings. The maximum absolute atomic E-state index is 13.0. The Balaban J connectivity index is 1.13. The number of benzene rings is 1. The number of pyridine rings is 1. The van der Waals surface area contributed by atoms with Crippen molar-refractivity contribution in [1.29, 1.82) is 0 Å². The molecule has 1 saturated heterocycles. The van der Waals surface area contributed by atoms with Gasteiger partial charge in [0.25, 0.3) is 0 Å². The van der Waals surface area contributed by atoms with Crippen molar-refractivity contribution in [3.8, 4) is 0 Å². The van der Waals surface area contributed by atoms with E-state index in [9.17, 15) is 4.79 Å². The van der Waals surface area contributed by atoms with E-state index in [0.29, 0.717) is 5.78 Å². The summed E-state index contributed by atoms with van der Waals surface area (Å²) in [5, 5.41) is 4.64. The van der Waals surface area contributed by atoms with Crippen molar-refractivity contribution in [2.45, 2.75) is 51.9 Å². The lowest BCUT2D eigenvalue weighted by molar-refractivity contribution is -0.120. The Morgan fingerprint density at radius 2 is 2.05 bits per heavy atom. The van der Waals surface area contributed by atoms with Crippen LogP contribution in [0, 0.1) is 5.41 Å². The number of fused-ring (bicyclic) bond motifs is 2. The van der Waals surface area contributed by atoms with E-state index >= 15 is 0 Å². The molecular weight excluding hydrogens is 490 g/mol. The Bertz CT molecular complexity index is 1500. The van der Waals surface area contributed by atoms with Crippen LogP contribution in [0.3, 0.4) is 0 Å². The van der Waals surface area contributed by atoms with Crippen molar-refractivity contribution >= 4 is 55.3 Å². The van der Waals surface area contributed by atoms with E-state index in [-0.39, 0.29) is 5.41 Å². The molecule has 3 aromatic heterocycles. The number of hydrogen-bond donors (Lipinski definition) is 2. The number of ketones is 1. The molecule has 1 aromatic carbocycles. The zero-order valence-corrected chi connectivity index (χ0v) is 22.8. The lowest BCUT2D eigenvalue weighted by atomic mass is 9.99. The van der Waals surface area contributed by atoms with Gasteiger partial charge < -0.3 is 15.2 Å². The Kier molecular flexibility index (Phi) is 7.13. The number of anilines is 2.